The highest BCUT2D eigenvalue weighted by Crippen LogP contribution is 2.46. The van der Waals surface area contributed by atoms with Gasteiger partial charge in [-0.3, -0.25) is 18.7 Å². The van der Waals surface area contributed by atoms with Crippen LogP contribution in [0.4, 0.5) is 5.82 Å². The molecule has 2 heterocycles. The fourth-order valence-corrected chi connectivity index (χ4v) is 3.58. The molecule has 14 nitrogen and oxygen atoms in total. The Morgan fingerprint density at radius 3 is 2.54 bits per heavy atom. The van der Waals surface area contributed by atoms with Crippen LogP contribution in [0.15, 0.2) is 17.1 Å². The first-order chi connectivity index (χ1) is 13.0. The van der Waals surface area contributed by atoms with Gasteiger partial charge in [0.1, 0.15) is 31.2 Å². The second-order valence-electron chi connectivity index (χ2n) is 5.87. The van der Waals surface area contributed by atoms with E-state index in [4.69, 9.17) is 25.2 Å². The van der Waals surface area contributed by atoms with Crippen LogP contribution in [-0.2, 0) is 23.4 Å². The molecule has 28 heavy (non-hydrogen) atoms. The van der Waals surface area contributed by atoms with Gasteiger partial charge in [-0.25, -0.2) is 9.36 Å². The molecular formula is C13H19N4O10P. The zero-order valence-corrected chi connectivity index (χ0v) is 15.2. The predicted molar refractivity (Wildman–Crippen MR) is 90.1 cm³/mol. The minimum atomic E-state index is -4.81. The van der Waals surface area contributed by atoms with E-state index in [1.54, 1.807) is 0 Å². The zero-order valence-electron chi connectivity index (χ0n) is 14.3. The van der Waals surface area contributed by atoms with Crippen molar-refractivity contribution < 1.29 is 43.6 Å². The molecule has 1 aliphatic heterocycles. The summed E-state index contributed by atoms with van der Waals surface area (Å²) < 4.78 is 23.7. The molecule has 0 spiro atoms. The van der Waals surface area contributed by atoms with Crippen LogP contribution in [0.5, 0.6) is 0 Å². The maximum Gasteiger partial charge on any atom is 0.406 e. The van der Waals surface area contributed by atoms with Crippen molar-refractivity contribution in [2.45, 2.75) is 24.9 Å². The van der Waals surface area contributed by atoms with Crippen LogP contribution in [0.3, 0.4) is 0 Å². The summed E-state index contributed by atoms with van der Waals surface area (Å²) in [5, 5.41) is 27.6. The highest BCUT2D eigenvalue weighted by Gasteiger charge is 2.39. The maximum atomic E-state index is 12.2. The minimum absolute atomic E-state index is 0.00199. The van der Waals surface area contributed by atoms with Crippen molar-refractivity contribution in [1.82, 2.24) is 14.2 Å². The number of nitrogens with zero attached hydrogens (tertiary/aromatic N) is 3. The summed E-state index contributed by atoms with van der Waals surface area (Å²) in [7, 11) is -4.81. The molecule has 1 unspecified atom stereocenters. The van der Waals surface area contributed by atoms with Gasteiger partial charge in [0.25, 0.3) is 0 Å². The molecule has 2 rings (SSSR count). The Kier molecular flexibility index (Phi) is 6.87. The van der Waals surface area contributed by atoms with Gasteiger partial charge in [-0.1, -0.05) is 0 Å². The first kappa shape index (κ1) is 21.9. The number of carbonyl (C=O) groups is 2. The molecule has 15 heteroatoms. The van der Waals surface area contributed by atoms with Crippen molar-refractivity contribution in [1.29, 1.82) is 0 Å². The van der Waals surface area contributed by atoms with Gasteiger partial charge in [-0.05, 0) is 6.07 Å². The molecule has 0 aromatic carbocycles. The molecular weight excluding hydrogens is 403 g/mol. The third kappa shape index (κ3) is 5.58. The number of rotatable bonds is 9. The van der Waals surface area contributed by atoms with Gasteiger partial charge >= 0.3 is 25.4 Å². The van der Waals surface area contributed by atoms with Crippen LogP contribution >= 0.6 is 7.75 Å². The SMILES string of the molecule is Nc1ccn([C@H]2C[C@H](O)[C@@H](COP(=O)(O)N(CC(=O)O)CC(=O)O)O2)c(=O)n1. The summed E-state index contributed by atoms with van der Waals surface area (Å²) in [6.07, 6.45) is -1.99. The molecule has 0 amide bonds. The van der Waals surface area contributed by atoms with Crippen molar-refractivity contribution in [2.24, 2.45) is 0 Å². The van der Waals surface area contributed by atoms with Crippen LogP contribution in [0.1, 0.15) is 12.6 Å². The Bertz CT molecular complexity index is 829. The lowest BCUT2D eigenvalue weighted by Crippen LogP contribution is -2.34. The Labute approximate surface area is 157 Å². The topological polar surface area (TPSA) is 215 Å². The summed E-state index contributed by atoms with van der Waals surface area (Å²) in [5.74, 6) is -3.07. The number of nitrogen functional groups attached to an aromatic ring is 1. The van der Waals surface area contributed by atoms with Gasteiger partial charge < -0.3 is 30.7 Å². The van der Waals surface area contributed by atoms with E-state index in [0.29, 0.717) is 0 Å². The first-order valence-corrected chi connectivity index (χ1v) is 9.37. The van der Waals surface area contributed by atoms with E-state index in [1.165, 1.54) is 12.3 Å². The van der Waals surface area contributed by atoms with Crippen LogP contribution in [0.2, 0.25) is 0 Å². The van der Waals surface area contributed by atoms with Crippen LogP contribution in [0.25, 0.3) is 0 Å². The Morgan fingerprint density at radius 2 is 2.00 bits per heavy atom. The highest BCUT2D eigenvalue weighted by atomic mass is 31.2. The van der Waals surface area contributed by atoms with Gasteiger partial charge in [0.2, 0.25) is 0 Å². The van der Waals surface area contributed by atoms with Crippen LogP contribution in [0, 0.1) is 0 Å². The third-order valence-electron chi connectivity index (χ3n) is 3.77. The molecule has 1 aromatic heterocycles. The number of ether oxygens (including phenoxy) is 1. The van der Waals surface area contributed by atoms with Crippen molar-refractivity contribution >= 4 is 25.5 Å². The largest absolute Gasteiger partial charge is 0.480 e. The molecule has 1 aliphatic rings. The van der Waals surface area contributed by atoms with E-state index in [-0.39, 0.29) is 16.9 Å². The standard InChI is InChI=1S/C13H19N4O10P/c14-9-1-2-17(13(23)15-9)10-3-7(18)8(27-10)6-26-28(24,25)16(4-11(19)20)5-12(21)22/h1-2,7-8,10,18H,3-6H2,(H,19,20)(H,21,22)(H,24,25)(H2,14,15,23)/t7-,8+,10+/m0/s1. The third-order valence-corrected chi connectivity index (χ3v) is 5.25. The molecule has 6 N–H and O–H groups in total. The van der Waals surface area contributed by atoms with E-state index in [9.17, 15) is 28.9 Å². The number of hydrogen-bond donors (Lipinski definition) is 5. The quantitative estimate of drug-likeness (QED) is 0.274. The Hall–Kier alpha value is -2.35. The van der Waals surface area contributed by atoms with E-state index < -0.39 is 63.5 Å². The summed E-state index contributed by atoms with van der Waals surface area (Å²) in [5.41, 5.74) is 4.67. The molecule has 1 saturated heterocycles. The monoisotopic (exact) mass is 422 g/mol. The average molecular weight is 422 g/mol. The second kappa shape index (κ2) is 8.77. The Balaban J connectivity index is 2.04. The van der Waals surface area contributed by atoms with Gasteiger partial charge in [-0.15, -0.1) is 0 Å². The maximum absolute atomic E-state index is 12.2. The molecule has 0 saturated carbocycles. The lowest BCUT2D eigenvalue weighted by molar-refractivity contribution is -0.140. The van der Waals surface area contributed by atoms with Crippen molar-refractivity contribution in [3.05, 3.63) is 22.7 Å². The molecule has 0 aliphatic carbocycles. The summed E-state index contributed by atoms with van der Waals surface area (Å²) >= 11 is 0. The fourth-order valence-electron chi connectivity index (χ4n) is 2.48. The number of carboxylic acids is 2. The number of anilines is 1. The van der Waals surface area contributed by atoms with Gasteiger partial charge in [0.05, 0.1) is 12.7 Å². The first-order valence-electron chi connectivity index (χ1n) is 7.84. The predicted octanol–water partition coefficient (Wildman–Crippen LogP) is -1.94. The van der Waals surface area contributed by atoms with Gasteiger partial charge in [0.15, 0.2) is 0 Å². The number of aliphatic hydroxyl groups is 1. The van der Waals surface area contributed by atoms with Crippen molar-refractivity contribution in [3.63, 3.8) is 0 Å². The molecule has 156 valence electrons. The summed E-state index contributed by atoms with van der Waals surface area (Å²) in [4.78, 5) is 46.8. The van der Waals surface area contributed by atoms with Crippen molar-refractivity contribution in [2.75, 3.05) is 25.4 Å². The summed E-state index contributed by atoms with van der Waals surface area (Å²) in [6, 6.07) is 1.35. The molecule has 0 radical (unpaired) electrons. The van der Waals surface area contributed by atoms with E-state index in [1.807, 2.05) is 0 Å². The lowest BCUT2D eigenvalue weighted by atomic mass is 10.2. The number of aliphatic hydroxyl groups excluding tert-OH is 1. The smallest absolute Gasteiger partial charge is 0.406 e. The van der Waals surface area contributed by atoms with Crippen molar-refractivity contribution in [3.8, 4) is 0 Å². The second-order valence-corrected chi connectivity index (χ2v) is 7.68. The molecule has 4 atom stereocenters. The minimum Gasteiger partial charge on any atom is -0.480 e. The number of nitrogens with two attached hydrogens (primary N) is 1. The molecule has 0 bridgehead atoms. The normalized spacial score (nSPS) is 24.2. The van der Waals surface area contributed by atoms with Crippen LogP contribution < -0.4 is 11.4 Å². The number of carboxylic acid groups (broad SMARTS) is 2. The number of aromatic nitrogens is 2. The molecule has 1 fully saturated rings. The zero-order chi connectivity index (χ0) is 21.1. The summed E-state index contributed by atoms with van der Waals surface area (Å²) in [6.45, 7) is -2.76. The molecule has 1 aromatic rings. The average Bonchev–Trinajstić information content (AvgIpc) is 2.92. The van der Waals surface area contributed by atoms with E-state index >= 15 is 0 Å². The van der Waals surface area contributed by atoms with E-state index in [2.05, 4.69) is 4.98 Å². The van der Waals surface area contributed by atoms with Gasteiger partial charge in [-0.2, -0.15) is 9.65 Å². The number of aliphatic carboxylic acids is 2. The fraction of sp³-hybridized carbons (Fsp3) is 0.538. The van der Waals surface area contributed by atoms with Gasteiger partial charge in [0, 0.05) is 12.6 Å². The highest BCUT2D eigenvalue weighted by molar-refractivity contribution is 7.50. The lowest BCUT2D eigenvalue weighted by Gasteiger charge is -2.25. The number of hydrogen-bond acceptors (Lipinski definition) is 9. The van der Waals surface area contributed by atoms with Crippen LogP contribution in [-0.4, -0.2) is 78.3 Å². The Morgan fingerprint density at radius 1 is 1.39 bits per heavy atom. The van der Waals surface area contributed by atoms with E-state index in [0.717, 1.165) is 4.57 Å².